The first-order valence-electron chi connectivity index (χ1n) is 6.52. The van der Waals surface area contributed by atoms with Crippen molar-refractivity contribution in [2.75, 3.05) is 18.0 Å². The third-order valence-corrected chi connectivity index (χ3v) is 3.56. The SMILES string of the molecule is CC(C)NC1CCCN(c2cc(F)ccc2Cl)C1. The van der Waals surface area contributed by atoms with Gasteiger partial charge in [-0.05, 0) is 31.0 Å². The molecule has 18 heavy (non-hydrogen) atoms. The second-order valence-corrected chi connectivity index (χ2v) is 5.61. The van der Waals surface area contributed by atoms with Crippen LogP contribution in [0.5, 0.6) is 0 Å². The van der Waals surface area contributed by atoms with E-state index in [4.69, 9.17) is 11.6 Å². The minimum Gasteiger partial charge on any atom is -0.369 e. The molecule has 0 saturated carbocycles. The van der Waals surface area contributed by atoms with Crippen molar-refractivity contribution in [1.82, 2.24) is 5.32 Å². The van der Waals surface area contributed by atoms with Crippen LogP contribution >= 0.6 is 11.6 Å². The molecule has 1 atom stereocenters. The number of rotatable bonds is 3. The third-order valence-electron chi connectivity index (χ3n) is 3.24. The van der Waals surface area contributed by atoms with Crippen LogP contribution in [-0.2, 0) is 0 Å². The van der Waals surface area contributed by atoms with Crippen molar-refractivity contribution in [3.63, 3.8) is 0 Å². The molecule has 0 aliphatic carbocycles. The van der Waals surface area contributed by atoms with E-state index in [1.165, 1.54) is 18.6 Å². The highest BCUT2D eigenvalue weighted by molar-refractivity contribution is 6.33. The lowest BCUT2D eigenvalue weighted by atomic mass is 10.0. The van der Waals surface area contributed by atoms with E-state index in [-0.39, 0.29) is 5.82 Å². The van der Waals surface area contributed by atoms with Gasteiger partial charge >= 0.3 is 0 Å². The van der Waals surface area contributed by atoms with Crippen LogP contribution in [0.25, 0.3) is 0 Å². The van der Waals surface area contributed by atoms with Crippen molar-refractivity contribution < 1.29 is 4.39 Å². The molecule has 0 amide bonds. The maximum atomic E-state index is 13.3. The zero-order valence-electron chi connectivity index (χ0n) is 10.9. The van der Waals surface area contributed by atoms with Gasteiger partial charge in [0.05, 0.1) is 10.7 Å². The van der Waals surface area contributed by atoms with Gasteiger partial charge in [0, 0.05) is 25.2 Å². The van der Waals surface area contributed by atoms with Crippen molar-refractivity contribution in [3.05, 3.63) is 29.0 Å². The number of benzene rings is 1. The molecular formula is C14H20ClFN2. The summed E-state index contributed by atoms with van der Waals surface area (Å²) in [5, 5.41) is 4.16. The summed E-state index contributed by atoms with van der Waals surface area (Å²) < 4.78 is 13.3. The number of halogens is 2. The predicted molar refractivity (Wildman–Crippen MR) is 74.9 cm³/mol. The zero-order chi connectivity index (χ0) is 13.1. The molecule has 1 aromatic rings. The van der Waals surface area contributed by atoms with E-state index in [0.29, 0.717) is 17.1 Å². The monoisotopic (exact) mass is 270 g/mol. The van der Waals surface area contributed by atoms with Crippen LogP contribution in [0.3, 0.4) is 0 Å². The molecule has 1 heterocycles. The summed E-state index contributed by atoms with van der Waals surface area (Å²) in [6.07, 6.45) is 2.28. The maximum absolute atomic E-state index is 13.3. The van der Waals surface area contributed by atoms with Crippen molar-refractivity contribution in [3.8, 4) is 0 Å². The lowest BCUT2D eigenvalue weighted by molar-refractivity contribution is 0.394. The number of hydrogen-bond acceptors (Lipinski definition) is 2. The summed E-state index contributed by atoms with van der Waals surface area (Å²) >= 11 is 6.15. The second kappa shape index (κ2) is 5.89. The molecule has 0 radical (unpaired) electrons. The molecule has 0 bridgehead atoms. The lowest BCUT2D eigenvalue weighted by Gasteiger charge is -2.36. The van der Waals surface area contributed by atoms with Gasteiger partial charge in [-0.3, -0.25) is 0 Å². The Morgan fingerprint density at radius 3 is 2.94 bits per heavy atom. The van der Waals surface area contributed by atoms with E-state index in [1.807, 2.05) is 0 Å². The van der Waals surface area contributed by atoms with Crippen LogP contribution < -0.4 is 10.2 Å². The highest BCUT2D eigenvalue weighted by Crippen LogP contribution is 2.29. The molecule has 4 heteroatoms. The average molecular weight is 271 g/mol. The molecule has 2 rings (SSSR count). The van der Waals surface area contributed by atoms with Gasteiger partial charge in [0.2, 0.25) is 0 Å². The quantitative estimate of drug-likeness (QED) is 0.905. The van der Waals surface area contributed by atoms with Gasteiger partial charge in [0.25, 0.3) is 0 Å². The summed E-state index contributed by atoms with van der Waals surface area (Å²) in [5.74, 6) is -0.228. The first kappa shape index (κ1) is 13.6. The zero-order valence-corrected chi connectivity index (χ0v) is 11.7. The maximum Gasteiger partial charge on any atom is 0.125 e. The second-order valence-electron chi connectivity index (χ2n) is 5.20. The van der Waals surface area contributed by atoms with Crippen molar-refractivity contribution in [1.29, 1.82) is 0 Å². The summed E-state index contributed by atoms with van der Waals surface area (Å²) in [5.41, 5.74) is 0.812. The van der Waals surface area contributed by atoms with Crippen LogP contribution in [0.2, 0.25) is 5.02 Å². The smallest absolute Gasteiger partial charge is 0.125 e. The average Bonchev–Trinajstić information content (AvgIpc) is 2.32. The molecule has 1 fully saturated rings. The molecule has 100 valence electrons. The first-order chi connectivity index (χ1) is 8.56. The van der Waals surface area contributed by atoms with Crippen LogP contribution in [-0.4, -0.2) is 25.2 Å². The molecular weight excluding hydrogens is 251 g/mol. The van der Waals surface area contributed by atoms with Crippen LogP contribution in [0.4, 0.5) is 10.1 Å². The molecule has 1 aliphatic heterocycles. The molecule has 0 spiro atoms. The Morgan fingerprint density at radius 1 is 1.44 bits per heavy atom. The van der Waals surface area contributed by atoms with Gasteiger partial charge in [-0.25, -0.2) is 4.39 Å². The fourth-order valence-electron chi connectivity index (χ4n) is 2.53. The van der Waals surface area contributed by atoms with Crippen LogP contribution in [0.1, 0.15) is 26.7 Å². The fourth-order valence-corrected chi connectivity index (χ4v) is 2.77. The summed E-state index contributed by atoms with van der Waals surface area (Å²) in [7, 11) is 0. The van der Waals surface area contributed by atoms with Gasteiger partial charge in [-0.15, -0.1) is 0 Å². The van der Waals surface area contributed by atoms with Gasteiger partial charge in [0.1, 0.15) is 5.82 Å². The highest BCUT2D eigenvalue weighted by Gasteiger charge is 2.22. The Morgan fingerprint density at radius 2 is 2.22 bits per heavy atom. The number of nitrogens with zero attached hydrogens (tertiary/aromatic N) is 1. The highest BCUT2D eigenvalue weighted by atomic mass is 35.5. The van der Waals surface area contributed by atoms with Crippen LogP contribution in [0, 0.1) is 5.82 Å². The Balaban J connectivity index is 2.10. The van der Waals surface area contributed by atoms with E-state index < -0.39 is 0 Å². The number of anilines is 1. The summed E-state index contributed by atoms with van der Waals surface area (Å²) in [4.78, 5) is 2.18. The number of hydrogen-bond donors (Lipinski definition) is 1. The standard InChI is InChI=1S/C14H20ClFN2/c1-10(2)17-12-4-3-7-18(9-12)14-8-11(16)5-6-13(14)15/h5-6,8,10,12,17H,3-4,7,9H2,1-2H3. The molecule has 0 aromatic heterocycles. The van der Waals surface area contributed by atoms with E-state index in [2.05, 4.69) is 24.1 Å². The van der Waals surface area contributed by atoms with E-state index in [0.717, 1.165) is 25.2 Å². The number of piperidine rings is 1. The Bertz CT molecular complexity index is 409. The predicted octanol–water partition coefficient (Wildman–Crippen LogP) is 3.45. The molecule has 2 nitrogen and oxygen atoms in total. The molecule has 1 N–H and O–H groups in total. The Hall–Kier alpha value is -0.800. The minimum atomic E-state index is -0.228. The topological polar surface area (TPSA) is 15.3 Å². The molecule has 1 unspecified atom stereocenters. The first-order valence-corrected chi connectivity index (χ1v) is 6.90. The lowest BCUT2D eigenvalue weighted by Crippen LogP contribution is -2.48. The van der Waals surface area contributed by atoms with E-state index in [9.17, 15) is 4.39 Å². The Kier molecular flexibility index (Phi) is 4.46. The van der Waals surface area contributed by atoms with Crippen LogP contribution in [0.15, 0.2) is 18.2 Å². The van der Waals surface area contributed by atoms with Crippen molar-refractivity contribution in [2.45, 2.75) is 38.8 Å². The van der Waals surface area contributed by atoms with Gasteiger partial charge in [0.15, 0.2) is 0 Å². The van der Waals surface area contributed by atoms with E-state index >= 15 is 0 Å². The normalized spacial score (nSPS) is 20.5. The number of nitrogens with one attached hydrogen (secondary N) is 1. The molecule has 1 aliphatic rings. The fraction of sp³-hybridized carbons (Fsp3) is 0.571. The van der Waals surface area contributed by atoms with Gasteiger partial charge in [-0.2, -0.15) is 0 Å². The Labute approximate surface area is 113 Å². The summed E-state index contributed by atoms with van der Waals surface area (Å²) in [6, 6.07) is 5.49. The van der Waals surface area contributed by atoms with Gasteiger partial charge in [-0.1, -0.05) is 25.4 Å². The summed E-state index contributed by atoms with van der Waals surface area (Å²) in [6.45, 7) is 6.13. The van der Waals surface area contributed by atoms with Gasteiger partial charge < -0.3 is 10.2 Å². The molecule has 1 saturated heterocycles. The minimum absolute atomic E-state index is 0.228. The van der Waals surface area contributed by atoms with E-state index in [1.54, 1.807) is 6.07 Å². The molecule has 1 aromatic carbocycles. The third kappa shape index (κ3) is 3.36. The van der Waals surface area contributed by atoms with Crippen molar-refractivity contribution >= 4 is 17.3 Å². The van der Waals surface area contributed by atoms with Crippen molar-refractivity contribution in [2.24, 2.45) is 0 Å². The largest absolute Gasteiger partial charge is 0.369 e.